The second-order valence-corrected chi connectivity index (χ2v) is 3.22. The molecule has 0 saturated heterocycles. The van der Waals surface area contributed by atoms with Crippen LogP contribution >= 0.6 is 23.2 Å². The Balaban J connectivity index is 2.79. The van der Waals surface area contributed by atoms with Crippen LogP contribution in [0.25, 0.3) is 0 Å². The summed E-state index contributed by atoms with van der Waals surface area (Å²) in [6.07, 6.45) is 3.34. The molecule has 0 aromatic carbocycles. The van der Waals surface area contributed by atoms with Gasteiger partial charge < -0.3 is 4.90 Å². The molecule has 0 N–H and O–H groups in total. The molecule has 0 bridgehead atoms. The molecule has 0 spiro atoms. The summed E-state index contributed by atoms with van der Waals surface area (Å²) in [6, 6.07) is 1.87. The Bertz CT molecular complexity index is 253. The van der Waals surface area contributed by atoms with E-state index in [1.165, 1.54) is 0 Å². The van der Waals surface area contributed by atoms with Gasteiger partial charge in [0.25, 0.3) is 0 Å². The summed E-state index contributed by atoms with van der Waals surface area (Å²) >= 11 is 11.5. The standard InChI is InChI=1S/C8H10Cl2N2/c1-12(5-3-9)8-2-4-11-6-7(8)10/h2,4,6H,3,5H2,1H3. The predicted molar refractivity (Wildman–Crippen MR) is 53.2 cm³/mol. The van der Waals surface area contributed by atoms with Crippen LogP contribution in [0, 0.1) is 0 Å². The number of halogens is 2. The van der Waals surface area contributed by atoms with Crippen molar-refractivity contribution in [1.82, 2.24) is 4.98 Å². The maximum absolute atomic E-state index is 5.91. The molecule has 0 amide bonds. The molecule has 1 aromatic rings. The van der Waals surface area contributed by atoms with Crippen molar-refractivity contribution in [2.75, 3.05) is 24.4 Å². The van der Waals surface area contributed by atoms with Gasteiger partial charge in [-0.25, -0.2) is 0 Å². The third-order valence-electron chi connectivity index (χ3n) is 1.58. The first-order chi connectivity index (χ1) is 5.75. The topological polar surface area (TPSA) is 16.1 Å². The lowest BCUT2D eigenvalue weighted by atomic mass is 10.4. The third-order valence-corrected chi connectivity index (χ3v) is 2.04. The van der Waals surface area contributed by atoms with Gasteiger partial charge in [-0.05, 0) is 6.07 Å². The van der Waals surface area contributed by atoms with E-state index in [2.05, 4.69) is 4.98 Å². The van der Waals surface area contributed by atoms with E-state index >= 15 is 0 Å². The Hall–Kier alpha value is -0.470. The number of hydrogen-bond donors (Lipinski definition) is 0. The highest BCUT2D eigenvalue weighted by Crippen LogP contribution is 2.22. The molecule has 0 radical (unpaired) electrons. The first kappa shape index (κ1) is 9.62. The molecule has 66 valence electrons. The van der Waals surface area contributed by atoms with Crippen LogP contribution in [0.1, 0.15) is 0 Å². The molecule has 1 rings (SSSR count). The van der Waals surface area contributed by atoms with E-state index in [1.54, 1.807) is 12.4 Å². The van der Waals surface area contributed by atoms with Gasteiger partial charge in [-0.2, -0.15) is 0 Å². The second kappa shape index (κ2) is 4.53. The maximum atomic E-state index is 5.91. The third kappa shape index (κ3) is 2.26. The quantitative estimate of drug-likeness (QED) is 0.704. The van der Waals surface area contributed by atoms with Crippen LogP contribution in [-0.4, -0.2) is 24.5 Å². The molecular weight excluding hydrogens is 195 g/mol. The molecule has 0 saturated carbocycles. The van der Waals surface area contributed by atoms with Crippen molar-refractivity contribution in [3.63, 3.8) is 0 Å². The molecule has 1 heterocycles. The van der Waals surface area contributed by atoms with E-state index < -0.39 is 0 Å². The average molecular weight is 205 g/mol. The minimum Gasteiger partial charge on any atom is -0.372 e. The summed E-state index contributed by atoms with van der Waals surface area (Å²) in [4.78, 5) is 5.89. The van der Waals surface area contributed by atoms with Gasteiger partial charge in [-0.15, -0.1) is 11.6 Å². The van der Waals surface area contributed by atoms with Crippen molar-refractivity contribution in [2.24, 2.45) is 0 Å². The first-order valence-corrected chi connectivity index (χ1v) is 4.53. The monoisotopic (exact) mass is 204 g/mol. The summed E-state index contributed by atoms with van der Waals surface area (Å²) in [6.45, 7) is 0.783. The van der Waals surface area contributed by atoms with Crippen molar-refractivity contribution < 1.29 is 0 Å². The molecule has 0 aliphatic carbocycles. The van der Waals surface area contributed by atoms with Crippen LogP contribution in [-0.2, 0) is 0 Å². The fourth-order valence-corrected chi connectivity index (χ4v) is 1.44. The number of anilines is 1. The fourth-order valence-electron chi connectivity index (χ4n) is 0.925. The van der Waals surface area contributed by atoms with Crippen LogP contribution < -0.4 is 4.90 Å². The van der Waals surface area contributed by atoms with E-state index in [4.69, 9.17) is 23.2 Å². The van der Waals surface area contributed by atoms with Crippen LogP contribution in [0.15, 0.2) is 18.5 Å². The zero-order valence-corrected chi connectivity index (χ0v) is 8.31. The van der Waals surface area contributed by atoms with Crippen LogP contribution in [0.2, 0.25) is 5.02 Å². The Labute approximate surface area is 82.1 Å². The number of hydrogen-bond acceptors (Lipinski definition) is 2. The van der Waals surface area contributed by atoms with Crippen molar-refractivity contribution >= 4 is 28.9 Å². The van der Waals surface area contributed by atoms with Gasteiger partial charge in [0.1, 0.15) is 0 Å². The second-order valence-electron chi connectivity index (χ2n) is 2.44. The predicted octanol–water partition coefficient (Wildman–Crippen LogP) is 2.41. The molecule has 2 nitrogen and oxygen atoms in total. The van der Waals surface area contributed by atoms with E-state index in [-0.39, 0.29) is 0 Å². The molecule has 0 fully saturated rings. The van der Waals surface area contributed by atoms with Gasteiger partial charge in [-0.3, -0.25) is 4.98 Å². The number of rotatable bonds is 3. The normalized spacial score (nSPS) is 9.92. The SMILES string of the molecule is CN(CCCl)c1ccncc1Cl. The summed E-state index contributed by atoms with van der Waals surface area (Å²) in [5, 5.41) is 0.658. The highest BCUT2D eigenvalue weighted by atomic mass is 35.5. The van der Waals surface area contributed by atoms with Gasteiger partial charge in [-0.1, -0.05) is 11.6 Å². The highest BCUT2D eigenvalue weighted by Gasteiger charge is 2.03. The Morgan fingerprint density at radius 2 is 2.33 bits per heavy atom. The van der Waals surface area contributed by atoms with Gasteiger partial charge >= 0.3 is 0 Å². The largest absolute Gasteiger partial charge is 0.372 e. The lowest BCUT2D eigenvalue weighted by Gasteiger charge is -2.18. The molecule has 0 aliphatic rings. The average Bonchev–Trinajstić information content (AvgIpc) is 2.05. The Morgan fingerprint density at radius 3 is 2.92 bits per heavy atom. The van der Waals surface area contributed by atoms with Crippen molar-refractivity contribution in [3.8, 4) is 0 Å². The number of nitrogens with zero attached hydrogens (tertiary/aromatic N) is 2. The minimum atomic E-state index is 0.592. The van der Waals surface area contributed by atoms with Crippen LogP contribution in [0.5, 0.6) is 0 Å². The molecule has 0 aliphatic heterocycles. The molecular formula is C8H10Cl2N2. The summed E-state index contributed by atoms with van der Waals surface area (Å²) in [5.41, 5.74) is 0.965. The van der Waals surface area contributed by atoms with Crippen molar-refractivity contribution in [2.45, 2.75) is 0 Å². The van der Waals surface area contributed by atoms with E-state index in [0.717, 1.165) is 12.2 Å². The highest BCUT2D eigenvalue weighted by molar-refractivity contribution is 6.33. The van der Waals surface area contributed by atoms with Crippen molar-refractivity contribution in [1.29, 1.82) is 0 Å². The van der Waals surface area contributed by atoms with Gasteiger partial charge in [0.2, 0.25) is 0 Å². The first-order valence-electron chi connectivity index (χ1n) is 3.62. The van der Waals surface area contributed by atoms with Crippen LogP contribution in [0.4, 0.5) is 5.69 Å². The summed E-state index contributed by atoms with van der Waals surface area (Å²) in [7, 11) is 1.95. The van der Waals surface area contributed by atoms with Gasteiger partial charge in [0.05, 0.1) is 10.7 Å². The lowest BCUT2D eigenvalue weighted by Crippen LogP contribution is -2.19. The summed E-state index contributed by atoms with van der Waals surface area (Å²) < 4.78 is 0. The smallest absolute Gasteiger partial charge is 0.0822 e. The number of aromatic nitrogens is 1. The fraction of sp³-hybridized carbons (Fsp3) is 0.375. The van der Waals surface area contributed by atoms with Crippen LogP contribution in [0.3, 0.4) is 0 Å². The molecule has 0 atom stereocenters. The zero-order chi connectivity index (χ0) is 8.97. The molecule has 12 heavy (non-hydrogen) atoms. The minimum absolute atomic E-state index is 0.592. The molecule has 4 heteroatoms. The zero-order valence-electron chi connectivity index (χ0n) is 6.80. The van der Waals surface area contributed by atoms with Crippen molar-refractivity contribution in [3.05, 3.63) is 23.5 Å². The Morgan fingerprint density at radius 1 is 1.58 bits per heavy atom. The molecule has 0 unspecified atom stereocenters. The maximum Gasteiger partial charge on any atom is 0.0822 e. The number of pyridine rings is 1. The van der Waals surface area contributed by atoms with E-state index in [0.29, 0.717) is 10.9 Å². The molecule has 1 aromatic heterocycles. The number of alkyl halides is 1. The van der Waals surface area contributed by atoms with E-state index in [1.807, 2.05) is 18.0 Å². The van der Waals surface area contributed by atoms with E-state index in [9.17, 15) is 0 Å². The lowest BCUT2D eigenvalue weighted by molar-refractivity contribution is 0.970. The van der Waals surface area contributed by atoms with Gasteiger partial charge in [0.15, 0.2) is 0 Å². The summed E-state index contributed by atoms with van der Waals surface area (Å²) in [5.74, 6) is 0.592. The Kier molecular flexibility index (Phi) is 3.63. The van der Waals surface area contributed by atoms with Gasteiger partial charge in [0, 0.05) is 31.9 Å².